The molecule has 0 aliphatic carbocycles. The molecule has 1 amide bonds. The van der Waals surface area contributed by atoms with E-state index in [0.717, 1.165) is 41.0 Å². The lowest BCUT2D eigenvalue weighted by Crippen LogP contribution is -2.33. The van der Waals surface area contributed by atoms with E-state index in [2.05, 4.69) is 9.71 Å². The van der Waals surface area contributed by atoms with Crippen molar-refractivity contribution in [3.8, 4) is 0 Å². The van der Waals surface area contributed by atoms with Gasteiger partial charge in [0.2, 0.25) is 15.9 Å². The van der Waals surface area contributed by atoms with E-state index in [4.69, 9.17) is 0 Å². The van der Waals surface area contributed by atoms with E-state index in [1.807, 2.05) is 19.9 Å². The monoisotopic (exact) mass is 375 g/mol. The first kappa shape index (κ1) is 18.7. The third-order valence-corrected chi connectivity index (χ3v) is 6.26. The van der Waals surface area contributed by atoms with Crippen LogP contribution in [0.1, 0.15) is 35.9 Å². The summed E-state index contributed by atoms with van der Waals surface area (Å²) in [6.07, 6.45) is 2.26. The third kappa shape index (κ3) is 3.83. The number of aromatic nitrogens is 1. The average Bonchev–Trinajstić information content (AvgIpc) is 2.91. The Morgan fingerprint density at radius 3 is 2.69 bits per heavy atom. The number of H-pyrrole nitrogens is 1. The first-order valence-electron chi connectivity index (χ1n) is 8.84. The van der Waals surface area contributed by atoms with Crippen LogP contribution in [-0.4, -0.2) is 32.4 Å². The number of nitrogens with one attached hydrogen (secondary N) is 2. The largest absolute Gasteiger partial charge is 0.362 e. The van der Waals surface area contributed by atoms with Gasteiger partial charge in [-0.05, 0) is 68.5 Å². The Labute approximate surface area is 154 Å². The highest BCUT2D eigenvalue weighted by atomic mass is 32.2. The number of anilines is 1. The first-order chi connectivity index (χ1) is 12.3. The van der Waals surface area contributed by atoms with Gasteiger partial charge in [0, 0.05) is 37.1 Å². The minimum absolute atomic E-state index is 0.0168. The van der Waals surface area contributed by atoms with E-state index in [0.29, 0.717) is 19.5 Å². The molecule has 0 radical (unpaired) electrons. The molecule has 1 aromatic carbocycles. The van der Waals surface area contributed by atoms with E-state index in [1.165, 1.54) is 6.92 Å². The molecule has 0 spiro atoms. The molecule has 0 fully saturated rings. The Morgan fingerprint density at radius 1 is 1.27 bits per heavy atom. The third-order valence-electron chi connectivity index (χ3n) is 4.80. The predicted molar refractivity (Wildman–Crippen MR) is 102 cm³/mol. The second kappa shape index (κ2) is 7.25. The van der Waals surface area contributed by atoms with Crippen LogP contribution in [0, 0.1) is 13.8 Å². The van der Waals surface area contributed by atoms with E-state index >= 15 is 0 Å². The fraction of sp³-hybridized carbons (Fsp3) is 0.421. The van der Waals surface area contributed by atoms with Crippen LogP contribution in [0.15, 0.2) is 29.2 Å². The number of nitrogens with zero attached hydrogens (tertiary/aromatic N) is 1. The molecule has 6 nitrogen and oxygen atoms in total. The van der Waals surface area contributed by atoms with Crippen molar-refractivity contribution in [2.24, 2.45) is 0 Å². The highest BCUT2D eigenvalue weighted by Gasteiger charge is 2.23. The van der Waals surface area contributed by atoms with Gasteiger partial charge in [0.1, 0.15) is 0 Å². The number of amides is 1. The molecule has 0 atom stereocenters. The number of carbonyl (C=O) groups excluding carboxylic acids is 1. The van der Waals surface area contributed by atoms with Crippen molar-refractivity contribution in [3.05, 3.63) is 46.8 Å². The van der Waals surface area contributed by atoms with Crippen LogP contribution in [0.3, 0.4) is 0 Å². The summed E-state index contributed by atoms with van der Waals surface area (Å²) >= 11 is 0. The summed E-state index contributed by atoms with van der Waals surface area (Å²) in [5, 5.41) is 0. The van der Waals surface area contributed by atoms with Crippen molar-refractivity contribution in [1.29, 1.82) is 0 Å². The number of benzene rings is 1. The second-order valence-electron chi connectivity index (χ2n) is 6.82. The van der Waals surface area contributed by atoms with E-state index in [-0.39, 0.29) is 10.8 Å². The molecular weight excluding hydrogens is 350 g/mol. The van der Waals surface area contributed by atoms with Crippen molar-refractivity contribution in [3.63, 3.8) is 0 Å². The summed E-state index contributed by atoms with van der Waals surface area (Å²) in [6, 6.07) is 7.05. The summed E-state index contributed by atoms with van der Waals surface area (Å²) in [7, 11) is -3.57. The summed E-state index contributed by atoms with van der Waals surface area (Å²) < 4.78 is 27.9. The number of hydrogen-bond donors (Lipinski definition) is 2. The number of sulfonamides is 1. The second-order valence-corrected chi connectivity index (χ2v) is 8.58. The molecule has 0 bridgehead atoms. The molecular formula is C19H25N3O3S. The predicted octanol–water partition coefficient (Wildman–Crippen LogP) is 2.45. The van der Waals surface area contributed by atoms with Crippen molar-refractivity contribution in [2.45, 2.75) is 44.9 Å². The standard InChI is InChI=1S/C19H25N3O3S/c1-13-11-16(14(2)21-13)8-9-20-26(24,25)18-6-7-19-17(12-18)5-4-10-22(19)15(3)23/h6-7,11-12,20-21H,4-5,8-10H2,1-3H3. The molecule has 2 aromatic rings. The number of fused-ring (bicyclic) bond motifs is 1. The summed E-state index contributed by atoms with van der Waals surface area (Å²) in [6.45, 7) is 6.53. The Morgan fingerprint density at radius 2 is 2.04 bits per heavy atom. The van der Waals surface area contributed by atoms with Crippen LogP contribution in [0.25, 0.3) is 0 Å². The highest BCUT2D eigenvalue weighted by Crippen LogP contribution is 2.29. The Balaban J connectivity index is 1.73. The highest BCUT2D eigenvalue weighted by molar-refractivity contribution is 7.89. The van der Waals surface area contributed by atoms with Crippen LogP contribution in [0.2, 0.25) is 0 Å². The Kier molecular flexibility index (Phi) is 5.20. The lowest BCUT2D eigenvalue weighted by atomic mass is 10.0. The zero-order valence-corrected chi connectivity index (χ0v) is 16.2. The van der Waals surface area contributed by atoms with Gasteiger partial charge in [-0.3, -0.25) is 4.79 Å². The smallest absolute Gasteiger partial charge is 0.240 e. The number of rotatable bonds is 5. The first-order valence-corrected chi connectivity index (χ1v) is 10.3. The molecule has 140 valence electrons. The van der Waals surface area contributed by atoms with Gasteiger partial charge >= 0.3 is 0 Å². The zero-order valence-electron chi connectivity index (χ0n) is 15.4. The molecule has 7 heteroatoms. The van der Waals surface area contributed by atoms with E-state index in [1.54, 1.807) is 23.1 Å². The van der Waals surface area contributed by atoms with Crippen molar-refractivity contribution < 1.29 is 13.2 Å². The van der Waals surface area contributed by atoms with Gasteiger partial charge < -0.3 is 9.88 Å². The number of hydrogen-bond acceptors (Lipinski definition) is 3. The molecule has 0 unspecified atom stereocenters. The zero-order chi connectivity index (χ0) is 18.9. The van der Waals surface area contributed by atoms with Gasteiger partial charge in [0.15, 0.2) is 0 Å². The Bertz CT molecular complexity index is 932. The molecule has 1 aliphatic rings. The lowest BCUT2D eigenvalue weighted by Gasteiger charge is -2.28. The lowest BCUT2D eigenvalue weighted by molar-refractivity contribution is -0.116. The summed E-state index contributed by atoms with van der Waals surface area (Å²) in [5.74, 6) is -0.0168. The quantitative estimate of drug-likeness (QED) is 0.842. The van der Waals surface area contributed by atoms with Crippen LogP contribution in [-0.2, 0) is 27.7 Å². The molecule has 26 heavy (non-hydrogen) atoms. The number of aryl methyl sites for hydroxylation is 3. The van der Waals surface area contributed by atoms with E-state index in [9.17, 15) is 13.2 Å². The fourth-order valence-electron chi connectivity index (χ4n) is 3.51. The maximum absolute atomic E-state index is 12.6. The average molecular weight is 375 g/mol. The Hall–Kier alpha value is -2.12. The maximum Gasteiger partial charge on any atom is 0.240 e. The van der Waals surface area contributed by atoms with Gasteiger partial charge in [-0.2, -0.15) is 0 Å². The van der Waals surface area contributed by atoms with Gasteiger partial charge in [-0.25, -0.2) is 13.1 Å². The molecule has 3 rings (SSSR count). The molecule has 0 saturated heterocycles. The molecule has 0 saturated carbocycles. The van der Waals surface area contributed by atoms with Gasteiger partial charge in [-0.1, -0.05) is 0 Å². The van der Waals surface area contributed by atoms with Crippen LogP contribution in [0.5, 0.6) is 0 Å². The normalized spacial score (nSPS) is 14.3. The van der Waals surface area contributed by atoms with E-state index < -0.39 is 10.0 Å². The van der Waals surface area contributed by atoms with Crippen molar-refractivity contribution >= 4 is 21.6 Å². The molecule has 2 heterocycles. The minimum atomic E-state index is -3.57. The van der Waals surface area contributed by atoms with Crippen molar-refractivity contribution in [2.75, 3.05) is 18.0 Å². The number of aromatic amines is 1. The fourth-order valence-corrected chi connectivity index (χ4v) is 4.59. The van der Waals surface area contributed by atoms with Crippen LogP contribution >= 0.6 is 0 Å². The molecule has 1 aliphatic heterocycles. The van der Waals surface area contributed by atoms with Gasteiger partial charge in [0.05, 0.1) is 4.90 Å². The maximum atomic E-state index is 12.6. The van der Waals surface area contributed by atoms with Crippen LogP contribution < -0.4 is 9.62 Å². The molecule has 1 aromatic heterocycles. The number of carbonyl (C=O) groups is 1. The summed E-state index contributed by atoms with van der Waals surface area (Å²) in [5.41, 5.74) is 4.99. The van der Waals surface area contributed by atoms with Gasteiger partial charge in [-0.15, -0.1) is 0 Å². The van der Waals surface area contributed by atoms with Crippen molar-refractivity contribution in [1.82, 2.24) is 9.71 Å². The van der Waals surface area contributed by atoms with Gasteiger partial charge in [0.25, 0.3) is 0 Å². The summed E-state index contributed by atoms with van der Waals surface area (Å²) in [4.78, 5) is 16.9. The van der Waals surface area contributed by atoms with Crippen LogP contribution in [0.4, 0.5) is 5.69 Å². The molecule has 2 N–H and O–H groups in total. The SMILES string of the molecule is CC(=O)N1CCCc2cc(S(=O)(=O)NCCc3cc(C)[nH]c3C)ccc21. The minimum Gasteiger partial charge on any atom is -0.362 e. The topological polar surface area (TPSA) is 82.3 Å².